The number of hydrogen-bond donors (Lipinski definition) is 2. The molecular formula is C10H11N3O2. The lowest BCUT2D eigenvalue weighted by molar-refractivity contribution is -0.384. The fourth-order valence-corrected chi connectivity index (χ4v) is 1.09. The molecule has 0 fully saturated rings. The second-order valence-corrected chi connectivity index (χ2v) is 2.83. The second kappa shape index (κ2) is 4.98. The summed E-state index contributed by atoms with van der Waals surface area (Å²) in [6.45, 7) is 0.478. The van der Waals surface area contributed by atoms with Crippen LogP contribution in [0.5, 0.6) is 0 Å². The molecule has 78 valence electrons. The Bertz CT molecular complexity index is 432. The van der Waals surface area contributed by atoms with Crippen LogP contribution in [0.25, 0.3) is 0 Å². The number of nitro groups is 1. The second-order valence-electron chi connectivity index (χ2n) is 2.83. The highest BCUT2D eigenvalue weighted by Gasteiger charge is 2.15. The summed E-state index contributed by atoms with van der Waals surface area (Å²) in [6, 6.07) is 4.71. The molecule has 0 atom stereocenters. The standard InChI is InChI=1S/C10H11N3O2/c1-12-7-3-5-8-4-2-6-9(11)10(8)13(14)15/h2,4,6,12H,7,11H2,1H3. The Labute approximate surface area is 87.4 Å². The first-order chi connectivity index (χ1) is 7.16. The smallest absolute Gasteiger partial charge is 0.307 e. The molecule has 0 heterocycles. The average molecular weight is 205 g/mol. The minimum Gasteiger partial charge on any atom is -0.393 e. The van der Waals surface area contributed by atoms with Crippen molar-refractivity contribution in [3.8, 4) is 11.8 Å². The lowest BCUT2D eigenvalue weighted by Crippen LogP contribution is -2.04. The molecule has 1 aromatic carbocycles. The fourth-order valence-electron chi connectivity index (χ4n) is 1.09. The monoisotopic (exact) mass is 205 g/mol. The molecule has 0 spiro atoms. The van der Waals surface area contributed by atoms with E-state index < -0.39 is 4.92 Å². The van der Waals surface area contributed by atoms with E-state index in [1.54, 1.807) is 19.2 Å². The Morgan fingerprint density at radius 2 is 2.33 bits per heavy atom. The van der Waals surface area contributed by atoms with Crippen molar-refractivity contribution in [2.45, 2.75) is 0 Å². The van der Waals surface area contributed by atoms with Crippen molar-refractivity contribution in [1.29, 1.82) is 0 Å². The average Bonchev–Trinajstić information content (AvgIpc) is 2.17. The van der Waals surface area contributed by atoms with Gasteiger partial charge < -0.3 is 11.1 Å². The number of para-hydroxylation sites is 1. The maximum atomic E-state index is 10.7. The molecule has 15 heavy (non-hydrogen) atoms. The summed E-state index contributed by atoms with van der Waals surface area (Å²) in [5.41, 5.74) is 5.86. The molecule has 0 aromatic heterocycles. The molecular weight excluding hydrogens is 194 g/mol. The molecule has 5 heteroatoms. The van der Waals surface area contributed by atoms with Crippen LogP contribution in [0.1, 0.15) is 5.56 Å². The first kappa shape index (κ1) is 11.0. The zero-order valence-electron chi connectivity index (χ0n) is 8.28. The van der Waals surface area contributed by atoms with Gasteiger partial charge in [0.25, 0.3) is 0 Å². The van der Waals surface area contributed by atoms with E-state index >= 15 is 0 Å². The van der Waals surface area contributed by atoms with Crippen LogP contribution in [-0.4, -0.2) is 18.5 Å². The Morgan fingerprint density at radius 1 is 1.60 bits per heavy atom. The van der Waals surface area contributed by atoms with E-state index in [2.05, 4.69) is 17.2 Å². The molecule has 0 saturated carbocycles. The number of hydrogen-bond acceptors (Lipinski definition) is 4. The van der Waals surface area contributed by atoms with Gasteiger partial charge >= 0.3 is 5.69 Å². The van der Waals surface area contributed by atoms with Crippen LogP contribution in [0, 0.1) is 22.0 Å². The highest BCUT2D eigenvalue weighted by atomic mass is 16.6. The van der Waals surface area contributed by atoms with Gasteiger partial charge in [0.2, 0.25) is 0 Å². The molecule has 0 radical (unpaired) electrons. The van der Waals surface area contributed by atoms with Crippen molar-refractivity contribution >= 4 is 11.4 Å². The number of nitrogens with one attached hydrogen (secondary N) is 1. The van der Waals surface area contributed by atoms with Gasteiger partial charge in [-0.2, -0.15) is 0 Å². The minimum atomic E-state index is -0.515. The molecule has 0 unspecified atom stereocenters. The van der Waals surface area contributed by atoms with Gasteiger partial charge in [0.05, 0.1) is 11.5 Å². The van der Waals surface area contributed by atoms with Gasteiger partial charge in [-0.25, -0.2) is 0 Å². The summed E-state index contributed by atoms with van der Waals surface area (Å²) < 4.78 is 0. The van der Waals surface area contributed by atoms with Gasteiger partial charge in [0.15, 0.2) is 0 Å². The zero-order chi connectivity index (χ0) is 11.3. The molecule has 0 bridgehead atoms. The summed E-state index contributed by atoms with van der Waals surface area (Å²) in [7, 11) is 1.75. The summed E-state index contributed by atoms with van der Waals surface area (Å²) in [6.07, 6.45) is 0. The highest BCUT2D eigenvalue weighted by molar-refractivity contribution is 5.66. The van der Waals surface area contributed by atoms with E-state index in [0.717, 1.165) is 0 Å². The summed E-state index contributed by atoms with van der Waals surface area (Å²) in [4.78, 5) is 10.2. The number of rotatable bonds is 2. The number of nitrogens with zero attached hydrogens (tertiary/aromatic N) is 1. The van der Waals surface area contributed by atoms with Crippen LogP contribution in [0.4, 0.5) is 11.4 Å². The minimum absolute atomic E-state index is 0.124. The Balaban J connectivity index is 3.13. The zero-order valence-corrected chi connectivity index (χ0v) is 8.28. The summed E-state index contributed by atoms with van der Waals surface area (Å²) in [5.74, 6) is 5.45. The topological polar surface area (TPSA) is 81.2 Å². The fraction of sp³-hybridized carbons (Fsp3) is 0.200. The molecule has 0 aliphatic carbocycles. The van der Waals surface area contributed by atoms with Crippen LogP contribution in [-0.2, 0) is 0 Å². The van der Waals surface area contributed by atoms with Crippen molar-refractivity contribution in [1.82, 2.24) is 5.32 Å². The quantitative estimate of drug-likeness (QED) is 0.323. The largest absolute Gasteiger partial charge is 0.393 e. The van der Waals surface area contributed by atoms with E-state index in [1.807, 2.05) is 0 Å². The maximum Gasteiger partial charge on any atom is 0.307 e. The van der Waals surface area contributed by atoms with Crippen molar-refractivity contribution in [3.63, 3.8) is 0 Å². The normalized spacial score (nSPS) is 9.13. The lowest BCUT2D eigenvalue weighted by atomic mass is 10.1. The predicted molar refractivity (Wildman–Crippen MR) is 58.3 cm³/mol. The third kappa shape index (κ3) is 2.69. The molecule has 0 amide bonds. The van der Waals surface area contributed by atoms with Crippen molar-refractivity contribution < 1.29 is 4.92 Å². The Hall–Kier alpha value is -2.06. The van der Waals surface area contributed by atoms with Crippen LogP contribution >= 0.6 is 0 Å². The first-order valence-corrected chi connectivity index (χ1v) is 4.33. The molecule has 1 aromatic rings. The SMILES string of the molecule is CNCC#Cc1cccc(N)c1[N+](=O)[O-]. The first-order valence-electron chi connectivity index (χ1n) is 4.33. The summed E-state index contributed by atoms with van der Waals surface area (Å²) >= 11 is 0. The van der Waals surface area contributed by atoms with Crippen LogP contribution in [0.2, 0.25) is 0 Å². The third-order valence-electron chi connectivity index (χ3n) is 1.74. The maximum absolute atomic E-state index is 10.7. The van der Waals surface area contributed by atoms with Crippen LogP contribution in [0.15, 0.2) is 18.2 Å². The van der Waals surface area contributed by atoms with E-state index in [4.69, 9.17) is 5.73 Å². The number of nitro benzene ring substituents is 1. The van der Waals surface area contributed by atoms with Gasteiger partial charge in [0, 0.05) is 0 Å². The Kier molecular flexibility index (Phi) is 3.66. The predicted octanol–water partition coefficient (Wildman–Crippen LogP) is 0.748. The number of nitrogen functional groups attached to an aromatic ring is 1. The van der Waals surface area contributed by atoms with Crippen LogP contribution < -0.4 is 11.1 Å². The van der Waals surface area contributed by atoms with Crippen LogP contribution in [0.3, 0.4) is 0 Å². The van der Waals surface area contributed by atoms with Gasteiger partial charge in [-0.15, -0.1) is 0 Å². The van der Waals surface area contributed by atoms with Crippen molar-refractivity contribution in [3.05, 3.63) is 33.9 Å². The number of benzene rings is 1. The molecule has 0 aliphatic heterocycles. The van der Waals surface area contributed by atoms with Gasteiger partial charge in [-0.3, -0.25) is 10.1 Å². The number of anilines is 1. The summed E-state index contributed by atoms with van der Waals surface area (Å²) in [5, 5.41) is 13.5. The molecule has 3 N–H and O–H groups in total. The highest BCUT2D eigenvalue weighted by Crippen LogP contribution is 2.24. The lowest BCUT2D eigenvalue weighted by Gasteiger charge is -1.98. The molecule has 5 nitrogen and oxygen atoms in total. The molecule has 1 rings (SSSR count). The van der Waals surface area contributed by atoms with Gasteiger partial charge in [-0.05, 0) is 19.2 Å². The van der Waals surface area contributed by atoms with E-state index in [9.17, 15) is 10.1 Å². The number of nitrogens with two attached hydrogens (primary N) is 1. The van der Waals surface area contributed by atoms with Crippen molar-refractivity contribution in [2.24, 2.45) is 0 Å². The van der Waals surface area contributed by atoms with Crippen molar-refractivity contribution in [2.75, 3.05) is 19.3 Å². The van der Waals surface area contributed by atoms with E-state index in [-0.39, 0.29) is 11.4 Å². The van der Waals surface area contributed by atoms with E-state index in [1.165, 1.54) is 6.07 Å². The Morgan fingerprint density at radius 3 is 2.93 bits per heavy atom. The van der Waals surface area contributed by atoms with Gasteiger partial charge in [0.1, 0.15) is 11.3 Å². The molecule has 0 aliphatic rings. The third-order valence-corrected chi connectivity index (χ3v) is 1.74. The molecule has 0 saturated heterocycles. The van der Waals surface area contributed by atoms with Gasteiger partial charge in [-0.1, -0.05) is 17.9 Å². The van der Waals surface area contributed by atoms with E-state index in [0.29, 0.717) is 12.1 Å².